The predicted octanol–water partition coefficient (Wildman–Crippen LogP) is 5.22. The van der Waals surface area contributed by atoms with Crippen LogP contribution in [-0.2, 0) is 10.8 Å². The largest absolute Gasteiger partial charge is 0.496 e. The first-order valence-corrected chi connectivity index (χ1v) is 12.6. The van der Waals surface area contributed by atoms with Gasteiger partial charge in [-0.1, -0.05) is 13.3 Å². The third-order valence-electron chi connectivity index (χ3n) is 5.14. The van der Waals surface area contributed by atoms with Gasteiger partial charge in [0.2, 0.25) is 0 Å². The van der Waals surface area contributed by atoms with Gasteiger partial charge >= 0.3 is 0 Å². The molecule has 0 aromatic heterocycles. The number of carbonyl (C=O) groups excluding carboxylic acids is 1. The molecule has 0 bridgehead atoms. The van der Waals surface area contributed by atoms with E-state index in [1.54, 1.807) is 7.11 Å². The Balaban J connectivity index is 2.29. The lowest BCUT2D eigenvalue weighted by atomic mass is 9.92. The second-order valence-corrected chi connectivity index (χ2v) is 10.5. The van der Waals surface area contributed by atoms with Gasteiger partial charge in [-0.15, -0.1) is 0 Å². The molecule has 1 unspecified atom stereocenters. The van der Waals surface area contributed by atoms with Gasteiger partial charge in [0.05, 0.1) is 12.7 Å². The lowest BCUT2D eigenvalue weighted by Gasteiger charge is -2.28. The summed E-state index contributed by atoms with van der Waals surface area (Å²) < 4.78 is 18.6. The van der Waals surface area contributed by atoms with Gasteiger partial charge < -0.3 is 13.9 Å². The maximum Gasteiger partial charge on any atom is 0.172 e. The zero-order valence-electron chi connectivity index (χ0n) is 17.2. The molecule has 27 heavy (non-hydrogen) atoms. The van der Waals surface area contributed by atoms with E-state index in [1.807, 2.05) is 12.1 Å². The van der Waals surface area contributed by atoms with E-state index in [9.17, 15) is 4.79 Å². The number of fused-ring (bicyclic) bond motifs is 3. The van der Waals surface area contributed by atoms with Crippen molar-refractivity contribution in [1.29, 1.82) is 0 Å². The fraction of sp³-hybridized carbons (Fsp3) is 0.500. The zero-order valence-corrected chi connectivity index (χ0v) is 18.4. The van der Waals surface area contributed by atoms with Crippen LogP contribution in [0, 0.1) is 0 Å². The molecular formula is C22H30O4Si. The van der Waals surface area contributed by atoms with Crippen LogP contribution in [0.2, 0.25) is 13.1 Å². The molecule has 1 atom stereocenters. The van der Waals surface area contributed by atoms with Crippen molar-refractivity contribution in [2.24, 2.45) is 0 Å². The maximum atomic E-state index is 11.6. The Morgan fingerprint density at radius 2 is 1.96 bits per heavy atom. The highest BCUT2D eigenvalue weighted by Gasteiger charge is 2.45. The summed E-state index contributed by atoms with van der Waals surface area (Å²) >= 11 is 0. The smallest absolute Gasteiger partial charge is 0.172 e. The van der Waals surface area contributed by atoms with Crippen LogP contribution in [0.15, 0.2) is 18.2 Å². The highest BCUT2D eigenvalue weighted by Crippen LogP contribution is 2.53. The van der Waals surface area contributed by atoms with Gasteiger partial charge in [0, 0.05) is 10.9 Å². The molecule has 0 aliphatic carbocycles. The average molecular weight is 387 g/mol. The van der Waals surface area contributed by atoms with Crippen LogP contribution in [0.5, 0.6) is 11.5 Å². The molecule has 2 aromatic rings. The molecule has 146 valence electrons. The highest BCUT2D eigenvalue weighted by atomic mass is 28.3. The van der Waals surface area contributed by atoms with Gasteiger partial charge in [-0.05, 0) is 68.9 Å². The number of ether oxygens (including phenoxy) is 2. The van der Waals surface area contributed by atoms with Crippen molar-refractivity contribution in [3.8, 4) is 11.5 Å². The molecule has 1 heterocycles. The Hall–Kier alpha value is -1.85. The van der Waals surface area contributed by atoms with Crippen molar-refractivity contribution in [1.82, 2.24) is 0 Å². The van der Waals surface area contributed by atoms with Crippen molar-refractivity contribution in [3.05, 3.63) is 34.9 Å². The zero-order chi connectivity index (χ0) is 19.8. The minimum absolute atomic E-state index is 0.169. The summed E-state index contributed by atoms with van der Waals surface area (Å²) in [6.07, 6.45) is 3.86. The molecule has 0 amide bonds. The molecule has 0 N–H and O–H groups in total. The number of hydrogen-bond acceptors (Lipinski definition) is 4. The number of carbonyl (C=O) groups is 1. The van der Waals surface area contributed by atoms with E-state index < -0.39 is 14.6 Å². The number of methoxy groups -OCH3 is 1. The molecule has 5 heteroatoms. The van der Waals surface area contributed by atoms with Crippen LogP contribution < -0.4 is 9.47 Å². The Labute approximate surface area is 163 Å². The van der Waals surface area contributed by atoms with Crippen molar-refractivity contribution in [2.45, 2.75) is 64.8 Å². The van der Waals surface area contributed by atoms with E-state index in [4.69, 9.17) is 13.9 Å². The van der Waals surface area contributed by atoms with E-state index >= 15 is 0 Å². The molecule has 2 aromatic carbocycles. The van der Waals surface area contributed by atoms with Gasteiger partial charge in [-0.3, -0.25) is 4.79 Å². The number of unbranched alkanes of at least 4 members (excludes halogenated alkanes) is 1. The Kier molecular flexibility index (Phi) is 5.63. The number of rotatable bonds is 7. The van der Waals surface area contributed by atoms with Crippen LogP contribution in [0.1, 0.15) is 61.2 Å². The molecule has 0 fully saturated rings. The summed E-state index contributed by atoms with van der Waals surface area (Å²) in [5, 5.41) is 2.08. The molecule has 0 saturated carbocycles. The first-order chi connectivity index (χ1) is 12.8. The predicted molar refractivity (Wildman–Crippen MR) is 112 cm³/mol. The summed E-state index contributed by atoms with van der Waals surface area (Å²) in [7, 11) is 0.405. The van der Waals surface area contributed by atoms with E-state index in [1.165, 1.54) is 5.56 Å². The molecule has 0 saturated heterocycles. The molecule has 1 aliphatic heterocycles. The Morgan fingerprint density at radius 1 is 1.22 bits per heavy atom. The fourth-order valence-corrected chi connectivity index (χ4v) is 4.91. The third-order valence-corrected chi connectivity index (χ3v) is 5.96. The number of aldehydes is 1. The summed E-state index contributed by atoms with van der Waals surface area (Å²) in [5.41, 5.74) is 2.34. The second kappa shape index (κ2) is 7.64. The van der Waals surface area contributed by atoms with E-state index in [0.717, 1.165) is 53.4 Å². The average Bonchev–Trinajstić information content (AvgIpc) is 2.89. The lowest BCUT2D eigenvalue weighted by Crippen LogP contribution is -2.34. The van der Waals surface area contributed by atoms with Crippen LogP contribution in [0.3, 0.4) is 0 Å². The number of hydrogen-bond donors (Lipinski definition) is 0. The SMILES string of the molecule is CCCCc1cc(C=O)cc2c3c(c(OC)cc12)C(O[SiH](C)C)C(C)(C)O3. The summed E-state index contributed by atoms with van der Waals surface area (Å²) in [5.74, 6) is 1.61. The first kappa shape index (κ1) is 19.9. The quantitative estimate of drug-likeness (QED) is 0.484. The van der Waals surface area contributed by atoms with Crippen LogP contribution in [0.4, 0.5) is 0 Å². The van der Waals surface area contributed by atoms with E-state index in [2.05, 4.69) is 39.9 Å². The molecule has 1 aliphatic rings. The number of aryl methyl sites for hydroxylation is 1. The van der Waals surface area contributed by atoms with Gasteiger partial charge in [0.15, 0.2) is 9.04 Å². The van der Waals surface area contributed by atoms with Gasteiger partial charge in [-0.2, -0.15) is 0 Å². The minimum atomic E-state index is -1.29. The van der Waals surface area contributed by atoms with Crippen molar-refractivity contribution in [3.63, 3.8) is 0 Å². The van der Waals surface area contributed by atoms with Crippen molar-refractivity contribution >= 4 is 26.1 Å². The summed E-state index contributed by atoms with van der Waals surface area (Å²) in [4.78, 5) is 11.6. The van der Waals surface area contributed by atoms with Gasteiger partial charge in [0.25, 0.3) is 0 Å². The Bertz CT molecular complexity index is 857. The summed E-state index contributed by atoms with van der Waals surface area (Å²) in [6.45, 7) is 10.6. The number of benzene rings is 2. The first-order valence-electron chi connectivity index (χ1n) is 9.79. The Morgan fingerprint density at radius 3 is 2.56 bits per heavy atom. The van der Waals surface area contributed by atoms with Crippen molar-refractivity contribution < 1.29 is 18.7 Å². The third kappa shape index (κ3) is 3.63. The maximum absolute atomic E-state index is 11.6. The molecule has 4 nitrogen and oxygen atoms in total. The van der Waals surface area contributed by atoms with E-state index in [0.29, 0.717) is 5.56 Å². The molecule has 3 rings (SSSR count). The van der Waals surface area contributed by atoms with Crippen molar-refractivity contribution in [2.75, 3.05) is 7.11 Å². The lowest BCUT2D eigenvalue weighted by molar-refractivity contribution is 0.0153. The second-order valence-electron chi connectivity index (χ2n) is 8.09. The van der Waals surface area contributed by atoms with Gasteiger partial charge in [0.1, 0.15) is 29.5 Å². The topological polar surface area (TPSA) is 44.8 Å². The van der Waals surface area contributed by atoms with E-state index in [-0.39, 0.29) is 6.10 Å². The normalized spacial score (nSPS) is 17.8. The van der Waals surface area contributed by atoms with Crippen LogP contribution in [-0.4, -0.2) is 28.0 Å². The standard InChI is InChI=1S/C22H30O4Si/c1-7-8-9-15-10-14(13-23)11-17-16(15)12-18(24-4)19-20(17)25-22(2,3)21(19)26-27(5)6/h10-13,21,27H,7-9H2,1-6H3. The highest BCUT2D eigenvalue weighted by molar-refractivity contribution is 6.48. The monoisotopic (exact) mass is 386 g/mol. The molecule has 0 radical (unpaired) electrons. The molecular weight excluding hydrogens is 356 g/mol. The summed E-state index contributed by atoms with van der Waals surface area (Å²) in [6, 6.07) is 6.02. The van der Waals surface area contributed by atoms with Gasteiger partial charge in [-0.25, -0.2) is 0 Å². The minimum Gasteiger partial charge on any atom is -0.496 e. The van der Waals surface area contributed by atoms with Crippen LogP contribution in [0.25, 0.3) is 10.8 Å². The fourth-order valence-electron chi connectivity index (χ4n) is 3.90. The molecule has 0 spiro atoms. The van der Waals surface area contributed by atoms with Crippen LogP contribution >= 0.6 is 0 Å².